The van der Waals surface area contributed by atoms with Crippen LogP contribution in [0.5, 0.6) is 11.5 Å². The summed E-state index contributed by atoms with van der Waals surface area (Å²) in [5.41, 5.74) is 1.79. The minimum absolute atomic E-state index is 0.0210. The molecule has 0 spiro atoms. The van der Waals surface area contributed by atoms with Gasteiger partial charge in [-0.15, -0.1) is 0 Å². The second-order valence-electron chi connectivity index (χ2n) is 5.18. The highest BCUT2D eigenvalue weighted by atomic mass is 16.5. The van der Waals surface area contributed by atoms with Crippen LogP contribution in [0.25, 0.3) is 6.08 Å². The fraction of sp³-hybridized carbons (Fsp3) is 0.412. The molecule has 0 amide bonds. The lowest BCUT2D eigenvalue weighted by atomic mass is 9.84. The second-order valence-corrected chi connectivity index (χ2v) is 5.18. The van der Waals surface area contributed by atoms with Gasteiger partial charge in [-0.05, 0) is 48.6 Å². The molecule has 1 aromatic carbocycles. The predicted octanol–water partition coefficient (Wildman–Crippen LogP) is 3.37. The fourth-order valence-corrected chi connectivity index (χ4v) is 2.52. The number of ketones is 1. The Bertz CT molecular complexity index is 599. The molecule has 0 bridgehead atoms. The minimum Gasteiger partial charge on any atom is -0.493 e. The molecule has 1 aromatic rings. The van der Waals surface area contributed by atoms with Crippen molar-refractivity contribution in [3.63, 3.8) is 0 Å². The van der Waals surface area contributed by atoms with Crippen LogP contribution in [-0.2, 0) is 4.79 Å². The number of Topliss-reactive ketones (excluding diaryl/α,β-unsaturated/α-hetero) is 1. The van der Waals surface area contributed by atoms with E-state index in [9.17, 15) is 4.79 Å². The molecule has 0 aliphatic heterocycles. The van der Waals surface area contributed by atoms with Crippen molar-refractivity contribution in [1.82, 2.24) is 0 Å². The number of ether oxygens (including phenoxy) is 2. The summed E-state index contributed by atoms with van der Waals surface area (Å²) in [6.45, 7) is 1.96. The van der Waals surface area contributed by atoms with E-state index in [0.717, 1.165) is 30.4 Å². The van der Waals surface area contributed by atoms with Crippen LogP contribution in [0.2, 0.25) is 0 Å². The molecular weight excluding hydrogens is 266 g/mol. The minimum atomic E-state index is -0.0210. The first-order chi connectivity index (χ1) is 10.2. The maximum absolute atomic E-state index is 12.1. The van der Waals surface area contributed by atoms with Gasteiger partial charge in [-0.2, -0.15) is 5.26 Å². The Morgan fingerprint density at radius 1 is 1.43 bits per heavy atom. The number of rotatable bonds is 4. The molecule has 0 heterocycles. The number of carbonyl (C=O) groups excluding carboxylic acids is 1. The van der Waals surface area contributed by atoms with Gasteiger partial charge < -0.3 is 9.47 Å². The van der Waals surface area contributed by atoms with Gasteiger partial charge in [-0.3, -0.25) is 4.79 Å². The van der Waals surface area contributed by atoms with Crippen molar-refractivity contribution < 1.29 is 14.3 Å². The Morgan fingerprint density at radius 2 is 2.24 bits per heavy atom. The first-order valence-corrected chi connectivity index (χ1v) is 7.08. The molecule has 1 fully saturated rings. The first-order valence-electron chi connectivity index (χ1n) is 7.08. The number of allylic oxidation sites excluding steroid dienone is 1. The molecule has 0 N–H and O–H groups in total. The summed E-state index contributed by atoms with van der Waals surface area (Å²) in [6, 6.07) is 7.38. The van der Waals surface area contributed by atoms with Crippen LogP contribution in [0.15, 0.2) is 23.8 Å². The van der Waals surface area contributed by atoms with E-state index in [-0.39, 0.29) is 18.3 Å². The summed E-state index contributed by atoms with van der Waals surface area (Å²) in [5.74, 6) is 1.45. The Kier molecular flexibility index (Phi) is 4.99. The van der Waals surface area contributed by atoms with E-state index in [1.54, 1.807) is 13.2 Å². The molecule has 1 aliphatic carbocycles. The number of nitriles is 1. The second kappa shape index (κ2) is 6.94. The van der Waals surface area contributed by atoms with Gasteiger partial charge in [0.05, 0.1) is 7.11 Å². The summed E-state index contributed by atoms with van der Waals surface area (Å²) >= 11 is 0. The summed E-state index contributed by atoms with van der Waals surface area (Å²) in [6.07, 6.45) is 4.78. The van der Waals surface area contributed by atoms with Crippen molar-refractivity contribution >= 4 is 11.9 Å². The van der Waals surface area contributed by atoms with E-state index < -0.39 is 0 Å². The molecular formula is C17H19NO3. The van der Waals surface area contributed by atoms with E-state index in [0.29, 0.717) is 11.5 Å². The van der Waals surface area contributed by atoms with Crippen LogP contribution >= 0.6 is 0 Å². The van der Waals surface area contributed by atoms with E-state index in [1.165, 1.54) is 0 Å². The number of benzene rings is 1. The van der Waals surface area contributed by atoms with Crippen LogP contribution in [0, 0.1) is 17.2 Å². The summed E-state index contributed by atoms with van der Waals surface area (Å²) in [4.78, 5) is 12.1. The van der Waals surface area contributed by atoms with Crippen molar-refractivity contribution in [2.24, 2.45) is 5.92 Å². The third kappa shape index (κ3) is 3.63. The molecule has 1 aliphatic rings. The lowest BCUT2D eigenvalue weighted by Gasteiger charge is -2.19. The van der Waals surface area contributed by atoms with E-state index in [1.807, 2.05) is 31.2 Å². The van der Waals surface area contributed by atoms with Crippen LogP contribution in [0.1, 0.15) is 31.7 Å². The molecule has 0 aromatic heterocycles. The van der Waals surface area contributed by atoms with Crippen molar-refractivity contribution in [3.8, 4) is 17.6 Å². The zero-order chi connectivity index (χ0) is 15.2. The highest BCUT2D eigenvalue weighted by Crippen LogP contribution is 2.31. The van der Waals surface area contributed by atoms with Crippen molar-refractivity contribution in [2.45, 2.75) is 26.2 Å². The van der Waals surface area contributed by atoms with Gasteiger partial charge in [0.25, 0.3) is 0 Å². The van der Waals surface area contributed by atoms with Gasteiger partial charge in [0.1, 0.15) is 6.07 Å². The lowest BCUT2D eigenvalue weighted by Crippen LogP contribution is -2.18. The highest BCUT2D eigenvalue weighted by molar-refractivity contribution is 6.01. The Hall–Kier alpha value is -2.28. The summed E-state index contributed by atoms with van der Waals surface area (Å²) < 4.78 is 10.6. The number of hydrogen-bond donors (Lipinski definition) is 0. The number of methoxy groups -OCH3 is 1. The van der Waals surface area contributed by atoms with Crippen LogP contribution in [-0.4, -0.2) is 19.5 Å². The summed E-state index contributed by atoms with van der Waals surface area (Å²) in [5, 5.41) is 8.55. The van der Waals surface area contributed by atoms with Gasteiger partial charge in [0.2, 0.25) is 0 Å². The third-order valence-corrected chi connectivity index (χ3v) is 3.67. The maximum Gasteiger partial charge on any atom is 0.174 e. The smallest absolute Gasteiger partial charge is 0.174 e. The molecule has 4 heteroatoms. The SMILES string of the molecule is COc1cc(/C=C2\CCC[C@@H](C)C2=O)ccc1OCC#N. The van der Waals surface area contributed by atoms with E-state index in [4.69, 9.17) is 14.7 Å². The van der Waals surface area contributed by atoms with Crippen LogP contribution in [0.3, 0.4) is 0 Å². The zero-order valence-corrected chi connectivity index (χ0v) is 12.4. The number of nitrogens with zero attached hydrogens (tertiary/aromatic N) is 1. The lowest BCUT2D eigenvalue weighted by molar-refractivity contribution is -0.119. The fourth-order valence-electron chi connectivity index (χ4n) is 2.52. The Morgan fingerprint density at radius 3 is 2.95 bits per heavy atom. The van der Waals surface area contributed by atoms with Gasteiger partial charge in [-0.1, -0.05) is 13.0 Å². The normalized spacial score (nSPS) is 20.1. The Balaban J connectivity index is 2.24. The number of carbonyl (C=O) groups is 1. The molecule has 0 radical (unpaired) electrons. The largest absolute Gasteiger partial charge is 0.493 e. The molecule has 4 nitrogen and oxygen atoms in total. The van der Waals surface area contributed by atoms with Crippen molar-refractivity contribution in [1.29, 1.82) is 5.26 Å². The average molecular weight is 285 g/mol. The van der Waals surface area contributed by atoms with Crippen LogP contribution < -0.4 is 9.47 Å². The quantitative estimate of drug-likeness (QED) is 0.796. The molecule has 1 atom stereocenters. The van der Waals surface area contributed by atoms with Crippen molar-refractivity contribution in [2.75, 3.05) is 13.7 Å². The standard InChI is InChI=1S/C17H19NO3/c1-12-4-3-5-14(17(12)19)10-13-6-7-15(21-9-8-18)16(11-13)20-2/h6-7,10-12H,3-5,9H2,1-2H3/b14-10+/t12-/m1/s1. The van der Waals surface area contributed by atoms with Gasteiger partial charge in [-0.25, -0.2) is 0 Å². The molecule has 0 unspecified atom stereocenters. The van der Waals surface area contributed by atoms with E-state index >= 15 is 0 Å². The monoisotopic (exact) mass is 285 g/mol. The predicted molar refractivity (Wildman–Crippen MR) is 80.1 cm³/mol. The average Bonchev–Trinajstić information content (AvgIpc) is 2.50. The Labute approximate surface area is 125 Å². The summed E-state index contributed by atoms with van der Waals surface area (Å²) in [7, 11) is 1.55. The zero-order valence-electron chi connectivity index (χ0n) is 12.4. The van der Waals surface area contributed by atoms with Gasteiger partial charge in [0.15, 0.2) is 23.9 Å². The van der Waals surface area contributed by atoms with Crippen LogP contribution in [0.4, 0.5) is 0 Å². The maximum atomic E-state index is 12.1. The van der Waals surface area contributed by atoms with E-state index in [2.05, 4.69) is 0 Å². The van der Waals surface area contributed by atoms with Crippen molar-refractivity contribution in [3.05, 3.63) is 29.3 Å². The molecule has 110 valence electrons. The molecule has 0 saturated heterocycles. The third-order valence-electron chi connectivity index (χ3n) is 3.67. The molecule has 2 rings (SSSR count). The van der Waals surface area contributed by atoms with Gasteiger partial charge >= 0.3 is 0 Å². The molecule has 21 heavy (non-hydrogen) atoms. The first kappa shape index (κ1) is 15.1. The topological polar surface area (TPSA) is 59.3 Å². The van der Waals surface area contributed by atoms with Gasteiger partial charge in [0, 0.05) is 5.92 Å². The highest BCUT2D eigenvalue weighted by Gasteiger charge is 2.22. The number of hydrogen-bond acceptors (Lipinski definition) is 4. The molecule has 1 saturated carbocycles.